The monoisotopic (exact) mass is 1310 g/mol. The highest BCUT2D eigenvalue weighted by atomic mass is 16.8. The molecule has 35 atom stereocenters. The molecular weight excluding hydrogens is 1250 g/mol. The normalized spacial score (nSPS) is 47.7. The Morgan fingerprint density at radius 1 is 0.187 bits per heavy atom. The van der Waals surface area contributed by atoms with E-state index in [1.54, 1.807) is 0 Å². The molecule has 0 radical (unpaired) electrons. The van der Waals surface area contributed by atoms with E-state index < -0.39 is 261 Å². The number of ether oxygens (including phenoxy) is 14. The Balaban J connectivity index is 1.17. The first-order valence-corrected chi connectivity index (χ1v) is 27.4. The summed E-state index contributed by atoms with van der Waals surface area (Å²) in [6.45, 7) is -5.63. The van der Waals surface area contributed by atoms with Crippen molar-refractivity contribution in [2.24, 2.45) is 35.8 Å². The summed E-state index contributed by atoms with van der Waals surface area (Å²) >= 11 is 0. The van der Waals surface area contributed by atoms with Gasteiger partial charge < -0.3 is 138 Å². The third kappa shape index (κ3) is 15.7. The van der Waals surface area contributed by atoms with E-state index in [1.807, 2.05) is 0 Å². The molecule has 0 amide bonds. The van der Waals surface area contributed by atoms with Gasteiger partial charge in [0.05, 0.1) is 88.5 Å². The fourth-order valence-corrected chi connectivity index (χ4v) is 11.2. The topological polar surface area (TPSA) is 754 Å². The van der Waals surface area contributed by atoms with Crippen molar-refractivity contribution in [1.82, 2.24) is 0 Å². The molecule has 0 aromatic rings. The van der Waals surface area contributed by atoms with Crippen LogP contribution in [0.5, 0.6) is 0 Å². The molecule has 0 spiro atoms. The van der Waals surface area contributed by atoms with Crippen LogP contribution in [0.1, 0.15) is 0 Å². The van der Waals surface area contributed by atoms with E-state index >= 15 is 0 Å². The van der Waals surface area contributed by atoms with Gasteiger partial charge in [-0.1, -0.05) is 35.8 Å². The molecule has 49 nitrogen and oxygen atoms in total. The number of aliphatic hydroxyl groups is 14. The average molecular weight is 1310 g/mol. The highest BCUT2D eigenvalue weighted by Crippen LogP contribution is 2.39. The van der Waals surface area contributed by atoms with E-state index in [0.717, 1.165) is 0 Å². The fraction of sp³-hybridized carbons (Fsp3) is 1.00. The third-order valence-electron chi connectivity index (χ3n) is 15.8. The summed E-state index contributed by atoms with van der Waals surface area (Å²) in [4.78, 5) is 18.6. The lowest BCUT2D eigenvalue weighted by molar-refractivity contribution is -0.391. The molecule has 14 N–H and O–H groups in total. The Hall–Kier alpha value is -5.95. The van der Waals surface area contributed by atoms with Crippen molar-refractivity contribution in [3.63, 3.8) is 0 Å². The zero-order valence-electron chi connectivity index (χ0n) is 46.5. The number of aliphatic hydroxyl groups excluding tert-OH is 14. The van der Waals surface area contributed by atoms with Crippen LogP contribution in [-0.4, -0.2) is 332 Å². The van der Waals surface area contributed by atoms with Crippen molar-refractivity contribution >= 4 is 0 Å². The molecule has 0 aromatic carbocycles. The Morgan fingerprint density at radius 3 is 0.396 bits per heavy atom. The standard InChI is InChI=1S/C42H63N21O28/c43-57-50-1-8-29-15(64)22(71)36(78-8)86-30-9(2-51-58-44)80-38(24(73)17(30)66)88-32-11(4-53-60-46)82-40(26(75)19(32)68)90-34-13(6-55-62-48)84-42(28(77)21(34)70)91-35-14(7-56-63-49)83-41(27(76)20(35)69)89-33-12(5-54-61-47)81-39(25(74)18(33)67)87-31-10(3-52-59-45)79-37(85-29)23(72)16(31)65/h8-42,64-77H,1-7H2/t8?,9?,10?,11?,12?,13?,14?,15?,16?,17?,18?,19?,20?,21?,22?,23?,24?,25?,26?,27?,28?,29-,30-,31-,32-,33-,34-,35-,36-,37-,38-,39-,40-,41-,42+/m1/s1. The van der Waals surface area contributed by atoms with Gasteiger partial charge in [0.1, 0.15) is 128 Å². The van der Waals surface area contributed by atoms with E-state index in [-0.39, 0.29) is 0 Å². The van der Waals surface area contributed by atoms with Crippen LogP contribution < -0.4 is 0 Å². The Morgan fingerprint density at radius 2 is 0.297 bits per heavy atom. The lowest BCUT2D eigenvalue weighted by Gasteiger charge is -2.50. The molecule has 91 heavy (non-hydrogen) atoms. The first kappa shape index (κ1) is 70.9. The number of hydrogen-bond acceptors (Lipinski definition) is 35. The summed E-state index contributed by atoms with van der Waals surface area (Å²) in [7, 11) is 0. The lowest BCUT2D eigenvalue weighted by atomic mass is 9.94. The number of nitrogens with zero attached hydrogens (tertiary/aromatic N) is 21. The molecule has 21 saturated heterocycles. The van der Waals surface area contributed by atoms with E-state index in [0.29, 0.717) is 0 Å². The van der Waals surface area contributed by atoms with Crippen molar-refractivity contribution < 1.29 is 138 Å². The predicted octanol–water partition coefficient (Wildman–Crippen LogP) is -6.00. The summed E-state index contributed by atoms with van der Waals surface area (Å²) in [5.74, 6) is 0. The summed E-state index contributed by atoms with van der Waals surface area (Å²) in [5, 5.41) is 187. The van der Waals surface area contributed by atoms with E-state index in [9.17, 15) is 110 Å². The van der Waals surface area contributed by atoms with Crippen molar-refractivity contribution in [2.75, 3.05) is 45.8 Å². The summed E-state index contributed by atoms with van der Waals surface area (Å²) in [6.07, 6.45) is -73.2. The quantitative estimate of drug-likeness (QED) is 0.0437. The average Bonchev–Trinajstić information content (AvgIpc) is 0.853. The van der Waals surface area contributed by atoms with Crippen LogP contribution in [0.2, 0.25) is 0 Å². The largest absolute Gasteiger partial charge is 0.387 e. The Kier molecular flexibility index (Phi) is 25.1. The first-order chi connectivity index (χ1) is 43.7. The van der Waals surface area contributed by atoms with E-state index in [1.165, 1.54) is 0 Å². The number of rotatable bonds is 14. The highest BCUT2D eigenvalue weighted by molar-refractivity contribution is 5.03. The van der Waals surface area contributed by atoms with Crippen molar-refractivity contribution in [3.8, 4) is 0 Å². The molecule has 0 aliphatic carbocycles. The molecule has 0 aromatic heterocycles. The zero-order chi connectivity index (χ0) is 66.0. The molecular formula is C42H63N21O28. The zero-order valence-corrected chi connectivity index (χ0v) is 46.5. The Labute approximate surface area is 506 Å². The molecule has 504 valence electrons. The molecule has 21 rings (SSSR count). The van der Waals surface area contributed by atoms with E-state index in [2.05, 4.69) is 70.2 Å². The Bertz CT molecular complexity index is 2290. The van der Waals surface area contributed by atoms with Crippen LogP contribution in [0.4, 0.5) is 0 Å². The minimum Gasteiger partial charge on any atom is -0.387 e. The molecule has 14 bridgehead atoms. The summed E-state index contributed by atoms with van der Waals surface area (Å²) < 4.78 is 82.3. The molecule has 49 heteroatoms. The van der Waals surface area contributed by atoms with Crippen LogP contribution in [0.3, 0.4) is 0 Å². The molecule has 21 aliphatic heterocycles. The van der Waals surface area contributed by atoms with E-state index in [4.69, 9.17) is 66.3 Å². The maximum atomic E-state index is 11.7. The minimum absolute atomic E-state index is 0.804. The molecule has 21 unspecified atom stereocenters. The summed E-state index contributed by atoms with van der Waals surface area (Å²) in [6, 6.07) is 0. The maximum absolute atomic E-state index is 11.7. The maximum Gasteiger partial charge on any atom is 0.187 e. The van der Waals surface area contributed by atoms with Gasteiger partial charge in [-0.2, -0.15) is 0 Å². The van der Waals surface area contributed by atoms with Crippen molar-refractivity contribution in [3.05, 3.63) is 73.1 Å². The van der Waals surface area contributed by atoms with Gasteiger partial charge in [0.15, 0.2) is 44.0 Å². The molecule has 21 heterocycles. The minimum atomic E-state index is -2.31. The molecule has 21 fully saturated rings. The molecule has 0 saturated carbocycles. The van der Waals surface area contributed by atoms with Gasteiger partial charge in [-0.3, -0.25) is 0 Å². The second-order valence-electron chi connectivity index (χ2n) is 21.3. The SMILES string of the molecule is [N-]=[N+]=NCC1O[C@@H]2O[C@@H]3C(CN=[N+]=[N-])O[C@H](O[C@@H]4C(CN=[N+]=[N-])O[C@H](O[C@@H]5C(CN=[N+]=[N-])O[C@@H](O[C@@H]6C(CN=[N+]=[N-])O[C@H](O[C@@H]7C(CN=[N+]=[N-])O[C@H](O[C@@H]8C(CN=[N+]=[N-])O[C@H](O[C@H]1C(O)C2O)C(O)C8O)C(O)C7O)C(O)C6O)C(O)C5O)C(O)C4O)C(O)C3O. The lowest BCUT2D eigenvalue weighted by Crippen LogP contribution is -2.68. The number of hydrogen-bond donors (Lipinski definition) is 14. The third-order valence-corrected chi connectivity index (χ3v) is 15.8. The van der Waals surface area contributed by atoms with Crippen LogP contribution in [-0.2, 0) is 66.3 Å². The van der Waals surface area contributed by atoms with Gasteiger partial charge in [-0.05, 0) is 38.7 Å². The van der Waals surface area contributed by atoms with Gasteiger partial charge in [-0.15, -0.1) is 0 Å². The van der Waals surface area contributed by atoms with Crippen LogP contribution in [0.15, 0.2) is 35.8 Å². The van der Waals surface area contributed by atoms with Gasteiger partial charge in [0, 0.05) is 34.4 Å². The smallest absolute Gasteiger partial charge is 0.187 e. The van der Waals surface area contributed by atoms with Gasteiger partial charge in [0.25, 0.3) is 0 Å². The van der Waals surface area contributed by atoms with Gasteiger partial charge >= 0.3 is 0 Å². The fourth-order valence-electron chi connectivity index (χ4n) is 11.2. The first-order valence-electron chi connectivity index (χ1n) is 27.4. The van der Waals surface area contributed by atoms with Crippen LogP contribution >= 0.6 is 0 Å². The van der Waals surface area contributed by atoms with Crippen molar-refractivity contribution in [1.29, 1.82) is 0 Å². The summed E-state index contributed by atoms with van der Waals surface area (Å²) in [5.41, 5.74) is 65.3. The van der Waals surface area contributed by atoms with Crippen LogP contribution in [0.25, 0.3) is 73.1 Å². The van der Waals surface area contributed by atoms with Crippen LogP contribution in [0, 0.1) is 0 Å². The molecule has 21 aliphatic rings. The van der Waals surface area contributed by atoms with Crippen molar-refractivity contribution in [2.45, 2.75) is 215 Å². The van der Waals surface area contributed by atoms with Gasteiger partial charge in [-0.25, -0.2) is 0 Å². The van der Waals surface area contributed by atoms with Gasteiger partial charge in [0.2, 0.25) is 0 Å². The highest BCUT2D eigenvalue weighted by Gasteiger charge is 2.59. The number of azide groups is 7. The second-order valence-corrected chi connectivity index (χ2v) is 21.3. The predicted molar refractivity (Wildman–Crippen MR) is 277 cm³/mol. The second kappa shape index (κ2) is 32.3.